The Labute approximate surface area is 203 Å². The number of halogens is 1. The van der Waals surface area contributed by atoms with Gasteiger partial charge in [0.15, 0.2) is 0 Å². The molecule has 0 radical (unpaired) electrons. The van der Waals surface area contributed by atoms with Crippen LogP contribution in [0.4, 0.5) is 15.8 Å². The van der Waals surface area contributed by atoms with E-state index in [4.69, 9.17) is 9.47 Å². The number of aryl methyl sites for hydroxylation is 1. The first-order valence-electron chi connectivity index (χ1n) is 10.7. The number of benzene rings is 3. The average molecular weight is 501 g/mol. The fraction of sp³-hybridized carbons (Fsp3) is 0.200. The number of esters is 1. The van der Waals surface area contributed by atoms with Crippen molar-refractivity contribution in [3.05, 3.63) is 83.7 Å². The van der Waals surface area contributed by atoms with Crippen LogP contribution in [0.3, 0.4) is 0 Å². The fourth-order valence-electron chi connectivity index (χ4n) is 3.29. The number of hydrogen-bond acceptors (Lipinski definition) is 6. The number of hydrogen-bond donors (Lipinski definition) is 1. The third-order valence-corrected chi connectivity index (χ3v) is 6.84. The van der Waals surface area contributed by atoms with Gasteiger partial charge in [0.2, 0.25) is 5.91 Å². The van der Waals surface area contributed by atoms with Crippen molar-refractivity contribution in [3.63, 3.8) is 0 Å². The maximum Gasteiger partial charge on any atom is 0.338 e. The van der Waals surface area contributed by atoms with Gasteiger partial charge in [0.05, 0.1) is 29.9 Å². The van der Waals surface area contributed by atoms with Gasteiger partial charge in [-0.3, -0.25) is 9.10 Å². The van der Waals surface area contributed by atoms with Crippen LogP contribution < -0.4 is 14.4 Å². The Morgan fingerprint density at radius 3 is 2.31 bits per heavy atom. The highest BCUT2D eigenvalue weighted by Gasteiger charge is 2.29. The second kappa shape index (κ2) is 11.0. The number of methoxy groups -OCH3 is 1. The van der Waals surface area contributed by atoms with E-state index >= 15 is 0 Å². The largest absolute Gasteiger partial charge is 0.497 e. The summed E-state index contributed by atoms with van der Waals surface area (Å²) in [5.41, 5.74) is 0.989. The van der Waals surface area contributed by atoms with Crippen molar-refractivity contribution in [1.82, 2.24) is 0 Å². The van der Waals surface area contributed by atoms with Crippen LogP contribution in [0, 0.1) is 12.7 Å². The molecule has 1 amide bonds. The van der Waals surface area contributed by atoms with Gasteiger partial charge in [-0.2, -0.15) is 0 Å². The fourth-order valence-corrected chi connectivity index (χ4v) is 4.72. The van der Waals surface area contributed by atoms with Crippen LogP contribution in [-0.4, -0.2) is 40.6 Å². The molecule has 0 aliphatic heterocycles. The molecule has 0 atom stereocenters. The number of nitrogens with one attached hydrogen (secondary N) is 1. The molecule has 0 saturated heterocycles. The molecule has 0 bridgehead atoms. The summed E-state index contributed by atoms with van der Waals surface area (Å²) < 4.78 is 52.2. The van der Waals surface area contributed by atoms with E-state index in [0.29, 0.717) is 26.9 Å². The van der Waals surface area contributed by atoms with Crippen LogP contribution in [0.1, 0.15) is 22.8 Å². The summed E-state index contributed by atoms with van der Waals surface area (Å²) in [4.78, 5) is 24.7. The molecule has 1 N–H and O–H groups in total. The molecular formula is C25H25FN2O6S. The molecule has 0 heterocycles. The second-order valence-corrected chi connectivity index (χ2v) is 9.30. The standard InChI is InChI=1S/C25H25FN2O6S/c1-4-34-25(30)18-9-14-22(17(2)15-18)27-24(29)16-28(23-8-6-5-7-21(23)26)35(31,32)20-12-10-19(33-3)11-13-20/h5-15H,4,16H2,1-3H3,(H,27,29). The molecule has 0 unspecified atom stereocenters. The summed E-state index contributed by atoms with van der Waals surface area (Å²) in [6.07, 6.45) is 0. The lowest BCUT2D eigenvalue weighted by molar-refractivity contribution is -0.114. The number of sulfonamides is 1. The van der Waals surface area contributed by atoms with Crippen molar-refractivity contribution in [3.8, 4) is 5.75 Å². The third kappa shape index (κ3) is 5.96. The number of carbonyl (C=O) groups is 2. The zero-order valence-corrected chi connectivity index (χ0v) is 20.3. The molecule has 3 aromatic carbocycles. The SMILES string of the molecule is CCOC(=O)c1ccc(NC(=O)CN(c2ccccc2F)S(=O)(=O)c2ccc(OC)cc2)c(C)c1. The van der Waals surface area contributed by atoms with E-state index in [0.717, 1.165) is 6.07 Å². The van der Waals surface area contributed by atoms with Gasteiger partial charge >= 0.3 is 5.97 Å². The maximum atomic E-state index is 14.6. The molecule has 0 spiro atoms. The van der Waals surface area contributed by atoms with Crippen molar-refractivity contribution < 1.29 is 31.9 Å². The van der Waals surface area contributed by atoms with Gasteiger partial charge in [-0.15, -0.1) is 0 Å². The lowest BCUT2D eigenvalue weighted by Gasteiger charge is -2.24. The van der Waals surface area contributed by atoms with E-state index in [2.05, 4.69) is 5.32 Å². The van der Waals surface area contributed by atoms with E-state index in [1.165, 1.54) is 61.7 Å². The summed E-state index contributed by atoms with van der Waals surface area (Å²) in [6, 6.07) is 15.4. The molecule has 0 aliphatic rings. The minimum Gasteiger partial charge on any atom is -0.497 e. The molecule has 10 heteroatoms. The number of carbonyl (C=O) groups excluding carboxylic acids is 2. The van der Waals surface area contributed by atoms with Gasteiger partial charge < -0.3 is 14.8 Å². The van der Waals surface area contributed by atoms with Gasteiger partial charge in [0.1, 0.15) is 18.1 Å². The summed E-state index contributed by atoms with van der Waals surface area (Å²) in [7, 11) is -2.86. The normalized spacial score (nSPS) is 11.0. The summed E-state index contributed by atoms with van der Waals surface area (Å²) in [5, 5.41) is 2.63. The number of rotatable bonds is 9. The molecule has 0 aliphatic carbocycles. The topological polar surface area (TPSA) is 102 Å². The van der Waals surface area contributed by atoms with Crippen molar-refractivity contribution in [2.45, 2.75) is 18.7 Å². The van der Waals surface area contributed by atoms with Gasteiger partial charge in [-0.05, 0) is 74.0 Å². The lowest BCUT2D eigenvalue weighted by Crippen LogP contribution is -2.38. The molecule has 0 fully saturated rings. The van der Waals surface area contributed by atoms with Crippen LogP contribution in [0.5, 0.6) is 5.75 Å². The van der Waals surface area contributed by atoms with Gasteiger partial charge in [-0.25, -0.2) is 17.6 Å². The highest BCUT2D eigenvalue weighted by Crippen LogP contribution is 2.27. The van der Waals surface area contributed by atoms with Crippen LogP contribution in [-0.2, 0) is 19.6 Å². The number of nitrogens with zero attached hydrogens (tertiary/aromatic N) is 1. The molecule has 0 saturated carbocycles. The van der Waals surface area contributed by atoms with E-state index in [-0.39, 0.29) is 17.2 Å². The minimum atomic E-state index is -4.31. The Bertz CT molecular complexity index is 1330. The van der Waals surface area contributed by atoms with Gasteiger partial charge in [0, 0.05) is 5.69 Å². The highest BCUT2D eigenvalue weighted by molar-refractivity contribution is 7.92. The van der Waals surface area contributed by atoms with Crippen molar-refractivity contribution >= 4 is 33.3 Å². The molecule has 184 valence electrons. The number of amides is 1. The van der Waals surface area contributed by atoms with E-state index in [1.807, 2.05) is 0 Å². The van der Waals surface area contributed by atoms with Crippen LogP contribution >= 0.6 is 0 Å². The van der Waals surface area contributed by atoms with E-state index in [9.17, 15) is 22.4 Å². The van der Waals surface area contributed by atoms with Crippen LogP contribution in [0.2, 0.25) is 0 Å². The van der Waals surface area contributed by atoms with Gasteiger partial charge in [0.25, 0.3) is 10.0 Å². The van der Waals surface area contributed by atoms with E-state index < -0.39 is 34.3 Å². The maximum absolute atomic E-state index is 14.6. The Morgan fingerprint density at radius 1 is 1.03 bits per heavy atom. The smallest absolute Gasteiger partial charge is 0.338 e. The quantitative estimate of drug-likeness (QED) is 0.443. The predicted molar refractivity (Wildman–Crippen MR) is 130 cm³/mol. The Balaban J connectivity index is 1.90. The third-order valence-electron chi connectivity index (χ3n) is 5.07. The van der Waals surface area contributed by atoms with E-state index in [1.54, 1.807) is 19.9 Å². The summed E-state index contributed by atoms with van der Waals surface area (Å²) in [5.74, 6) is -1.55. The van der Waals surface area contributed by atoms with Crippen molar-refractivity contribution in [2.75, 3.05) is 29.9 Å². The number of anilines is 2. The van der Waals surface area contributed by atoms with Crippen molar-refractivity contribution in [1.29, 1.82) is 0 Å². The first kappa shape index (κ1) is 25.7. The lowest BCUT2D eigenvalue weighted by atomic mass is 10.1. The Morgan fingerprint density at radius 2 is 1.71 bits per heavy atom. The molecule has 0 aromatic heterocycles. The monoisotopic (exact) mass is 500 g/mol. The van der Waals surface area contributed by atoms with Crippen molar-refractivity contribution in [2.24, 2.45) is 0 Å². The number of ether oxygens (including phenoxy) is 2. The Kier molecular flexibility index (Phi) is 8.08. The first-order chi connectivity index (χ1) is 16.7. The number of para-hydroxylation sites is 1. The highest BCUT2D eigenvalue weighted by atomic mass is 32.2. The minimum absolute atomic E-state index is 0.135. The van der Waals surface area contributed by atoms with Crippen LogP contribution in [0.25, 0.3) is 0 Å². The summed E-state index contributed by atoms with van der Waals surface area (Å²) >= 11 is 0. The molecule has 8 nitrogen and oxygen atoms in total. The Hall–Kier alpha value is -3.92. The molecule has 3 aromatic rings. The van der Waals surface area contributed by atoms with Crippen LogP contribution in [0.15, 0.2) is 71.6 Å². The zero-order valence-electron chi connectivity index (χ0n) is 19.4. The average Bonchev–Trinajstić information content (AvgIpc) is 2.84. The zero-order chi connectivity index (χ0) is 25.6. The second-order valence-electron chi connectivity index (χ2n) is 7.44. The molecule has 35 heavy (non-hydrogen) atoms. The first-order valence-corrected chi connectivity index (χ1v) is 12.1. The molecular weight excluding hydrogens is 475 g/mol. The van der Waals surface area contributed by atoms with Gasteiger partial charge in [-0.1, -0.05) is 12.1 Å². The predicted octanol–water partition coefficient (Wildman–Crippen LogP) is 4.15. The molecule has 3 rings (SSSR count). The summed E-state index contributed by atoms with van der Waals surface area (Å²) in [6.45, 7) is 2.92.